The van der Waals surface area contributed by atoms with E-state index in [0.717, 1.165) is 34.4 Å². The van der Waals surface area contributed by atoms with E-state index in [4.69, 9.17) is 4.74 Å². The van der Waals surface area contributed by atoms with Crippen LogP contribution >= 0.6 is 0 Å². The number of benzene rings is 3. The number of rotatable bonds is 6. The molecule has 1 atom stereocenters. The monoisotopic (exact) mass is 385 g/mol. The zero-order valence-corrected chi connectivity index (χ0v) is 16.3. The lowest BCUT2D eigenvalue weighted by Gasteiger charge is -2.16. The normalized spacial score (nSPS) is 11.1. The lowest BCUT2D eigenvalue weighted by atomic mass is 9.90. The predicted octanol–water partition coefficient (Wildman–Crippen LogP) is 4.51. The van der Waals surface area contributed by atoms with Crippen molar-refractivity contribution in [2.24, 2.45) is 0 Å². The molecule has 0 radical (unpaired) electrons. The Bertz CT molecular complexity index is 1000. The minimum atomic E-state index is -0.613. The molecule has 0 aliphatic heterocycles. The van der Waals surface area contributed by atoms with Crippen LogP contribution in [-0.4, -0.2) is 17.7 Å². The van der Waals surface area contributed by atoms with E-state index in [2.05, 4.69) is 18.8 Å². The second kappa shape index (κ2) is 10.1. The lowest BCUT2D eigenvalue weighted by Crippen LogP contribution is -2.27. The van der Waals surface area contributed by atoms with Gasteiger partial charge in [0.25, 0.3) is 5.91 Å². The summed E-state index contributed by atoms with van der Waals surface area (Å²) < 4.78 is 5.58. The molecular weight excluding hydrogens is 362 g/mol. The van der Waals surface area contributed by atoms with Crippen LogP contribution in [0.15, 0.2) is 78.9 Å². The van der Waals surface area contributed by atoms with Crippen molar-refractivity contribution < 1.29 is 14.7 Å². The Morgan fingerprint density at radius 1 is 0.931 bits per heavy atom. The number of hydrogen-bond acceptors (Lipinski definition) is 3. The quantitative estimate of drug-likeness (QED) is 0.373. The maximum absolute atomic E-state index is 12.3. The molecule has 29 heavy (non-hydrogen) atoms. The highest BCUT2D eigenvalue weighted by atomic mass is 16.5. The van der Waals surface area contributed by atoms with Crippen molar-refractivity contribution in [2.75, 3.05) is 6.61 Å². The van der Waals surface area contributed by atoms with Gasteiger partial charge < -0.3 is 4.74 Å². The van der Waals surface area contributed by atoms with Crippen molar-refractivity contribution in [1.82, 2.24) is 5.48 Å². The maximum Gasteiger partial charge on any atom is 0.255 e. The van der Waals surface area contributed by atoms with E-state index in [-0.39, 0.29) is 0 Å². The fraction of sp³-hybridized carbons (Fsp3) is 0.160. The number of ether oxygens (including phenoxy) is 1. The fourth-order valence-electron chi connectivity index (χ4n) is 3.00. The molecule has 3 rings (SSSR count). The van der Waals surface area contributed by atoms with Gasteiger partial charge in [-0.05, 0) is 53.9 Å². The van der Waals surface area contributed by atoms with Gasteiger partial charge in [0.1, 0.15) is 5.75 Å². The van der Waals surface area contributed by atoms with E-state index < -0.39 is 11.8 Å². The largest absolute Gasteiger partial charge is 0.494 e. The highest BCUT2D eigenvalue weighted by molar-refractivity contribution is 5.86. The van der Waals surface area contributed by atoms with Gasteiger partial charge in [-0.3, -0.25) is 10.0 Å². The molecule has 0 fully saturated rings. The van der Waals surface area contributed by atoms with Crippen LogP contribution in [0.5, 0.6) is 5.75 Å². The van der Waals surface area contributed by atoms with Crippen molar-refractivity contribution in [3.8, 4) is 17.6 Å². The standard InChI is InChI=1S/C25H23NO3/c1-2-17-29-23-15-13-19(14-16-23)11-12-20-7-6-10-22(18-20)24(25(27)26-28)21-8-4-3-5-9-21/h3-10,13-16,18,24,28H,2,17H2,1H3,(H,26,27). The average Bonchev–Trinajstić information content (AvgIpc) is 2.78. The molecule has 0 bridgehead atoms. The minimum absolute atomic E-state index is 0.482. The molecule has 0 aromatic heterocycles. The van der Waals surface area contributed by atoms with Crippen LogP contribution in [0.1, 0.15) is 41.5 Å². The predicted molar refractivity (Wildman–Crippen MR) is 113 cm³/mol. The Kier molecular flexibility index (Phi) is 7.05. The molecule has 0 saturated heterocycles. The zero-order valence-electron chi connectivity index (χ0n) is 16.3. The third kappa shape index (κ3) is 5.47. The SMILES string of the molecule is CCCOc1ccc(C#Cc2cccc(C(C(=O)NO)c3ccccc3)c2)cc1. The first-order valence-electron chi connectivity index (χ1n) is 9.55. The van der Waals surface area contributed by atoms with Gasteiger partial charge in [-0.25, -0.2) is 5.48 Å². The van der Waals surface area contributed by atoms with E-state index >= 15 is 0 Å². The second-order valence-corrected chi connectivity index (χ2v) is 6.57. The minimum Gasteiger partial charge on any atom is -0.494 e. The van der Waals surface area contributed by atoms with Gasteiger partial charge in [-0.15, -0.1) is 0 Å². The van der Waals surface area contributed by atoms with Crippen molar-refractivity contribution in [3.63, 3.8) is 0 Å². The van der Waals surface area contributed by atoms with E-state index in [1.165, 1.54) is 0 Å². The molecule has 0 aliphatic carbocycles. The van der Waals surface area contributed by atoms with Crippen LogP contribution < -0.4 is 10.2 Å². The first-order valence-corrected chi connectivity index (χ1v) is 9.55. The van der Waals surface area contributed by atoms with E-state index in [1.54, 1.807) is 5.48 Å². The molecule has 3 aromatic rings. The smallest absolute Gasteiger partial charge is 0.255 e. The summed E-state index contributed by atoms with van der Waals surface area (Å²) in [5.41, 5.74) is 5.01. The molecule has 3 aromatic carbocycles. The Morgan fingerprint density at radius 2 is 1.62 bits per heavy atom. The van der Waals surface area contributed by atoms with Gasteiger partial charge in [-0.2, -0.15) is 0 Å². The van der Waals surface area contributed by atoms with Gasteiger partial charge in [-0.1, -0.05) is 61.2 Å². The molecule has 0 aliphatic rings. The summed E-state index contributed by atoms with van der Waals surface area (Å²) >= 11 is 0. The van der Waals surface area contributed by atoms with Gasteiger partial charge in [0, 0.05) is 11.1 Å². The molecule has 1 amide bonds. The van der Waals surface area contributed by atoms with E-state index in [9.17, 15) is 10.0 Å². The summed E-state index contributed by atoms with van der Waals surface area (Å²) in [6.45, 7) is 2.77. The van der Waals surface area contributed by atoms with Crippen LogP contribution in [0, 0.1) is 11.8 Å². The third-order valence-electron chi connectivity index (χ3n) is 4.40. The van der Waals surface area contributed by atoms with E-state index in [1.807, 2.05) is 78.9 Å². The summed E-state index contributed by atoms with van der Waals surface area (Å²) in [6.07, 6.45) is 0.968. The third-order valence-corrected chi connectivity index (χ3v) is 4.40. The van der Waals surface area contributed by atoms with Gasteiger partial charge in [0.05, 0.1) is 12.5 Å². The molecule has 0 saturated carbocycles. The summed E-state index contributed by atoms with van der Waals surface area (Å²) in [6, 6.07) is 24.5. The number of hydroxylamine groups is 1. The maximum atomic E-state index is 12.3. The summed E-state index contributed by atoms with van der Waals surface area (Å²) in [5, 5.41) is 9.19. The molecule has 146 valence electrons. The highest BCUT2D eigenvalue weighted by Gasteiger charge is 2.22. The number of hydrogen-bond donors (Lipinski definition) is 2. The second-order valence-electron chi connectivity index (χ2n) is 6.57. The van der Waals surface area contributed by atoms with Gasteiger partial charge in [0.2, 0.25) is 0 Å². The van der Waals surface area contributed by atoms with Crippen molar-refractivity contribution in [3.05, 3.63) is 101 Å². The zero-order chi connectivity index (χ0) is 20.5. The van der Waals surface area contributed by atoms with Crippen molar-refractivity contribution in [1.29, 1.82) is 0 Å². The number of carbonyl (C=O) groups excluding carboxylic acids is 1. The summed E-state index contributed by atoms with van der Waals surface area (Å²) in [5.74, 6) is 6.02. The Hall–Kier alpha value is -3.55. The summed E-state index contributed by atoms with van der Waals surface area (Å²) in [7, 11) is 0. The Morgan fingerprint density at radius 3 is 2.31 bits per heavy atom. The van der Waals surface area contributed by atoms with Crippen LogP contribution in [0.2, 0.25) is 0 Å². The molecule has 0 heterocycles. The highest BCUT2D eigenvalue weighted by Crippen LogP contribution is 2.25. The molecule has 0 spiro atoms. The molecule has 1 unspecified atom stereocenters. The molecule has 2 N–H and O–H groups in total. The molecular formula is C25H23NO3. The number of carbonyl (C=O) groups is 1. The Labute approximate surface area is 171 Å². The fourth-order valence-corrected chi connectivity index (χ4v) is 3.00. The van der Waals surface area contributed by atoms with E-state index in [0.29, 0.717) is 6.61 Å². The molecule has 4 heteroatoms. The van der Waals surface area contributed by atoms with Crippen LogP contribution in [0.25, 0.3) is 0 Å². The lowest BCUT2D eigenvalue weighted by molar-refractivity contribution is -0.129. The van der Waals surface area contributed by atoms with Crippen LogP contribution in [-0.2, 0) is 4.79 Å². The molecule has 4 nitrogen and oxygen atoms in total. The van der Waals surface area contributed by atoms with Gasteiger partial charge in [0.15, 0.2) is 0 Å². The number of nitrogens with one attached hydrogen (secondary N) is 1. The van der Waals surface area contributed by atoms with Crippen LogP contribution in [0.3, 0.4) is 0 Å². The van der Waals surface area contributed by atoms with Gasteiger partial charge >= 0.3 is 0 Å². The summed E-state index contributed by atoms with van der Waals surface area (Å²) in [4.78, 5) is 12.3. The topological polar surface area (TPSA) is 58.6 Å². The van der Waals surface area contributed by atoms with Crippen molar-refractivity contribution >= 4 is 5.91 Å². The Balaban J connectivity index is 1.84. The number of amides is 1. The van der Waals surface area contributed by atoms with Crippen molar-refractivity contribution in [2.45, 2.75) is 19.3 Å². The van der Waals surface area contributed by atoms with Crippen LogP contribution in [0.4, 0.5) is 0 Å². The first kappa shape index (κ1) is 20.2. The average molecular weight is 385 g/mol. The first-order chi connectivity index (χ1) is 14.2.